The molecule has 0 aromatic heterocycles. The number of ether oxygens (including phenoxy) is 2. The van der Waals surface area contributed by atoms with Gasteiger partial charge in [-0.25, -0.2) is 0 Å². The van der Waals surface area contributed by atoms with Crippen LogP contribution in [0.4, 0.5) is 0 Å². The zero-order valence-electron chi connectivity index (χ0n) is 11.2. The third-order valence-electron chi connectivity index (χ3n) is 2.95. The molecule has 0 saturated heterocycles. The van der Waals surface area contributed by atoms with Crippen molar-refractivity contribution in [2.45, 2.75) is 0 Å². The number of hydrogen-bond acceptors (Lipinski definition) is 2. The third kappa shape index (κ3) is 2.93. The molecule has 0 unspecified atom stereocenters. The van der Waals surface area contributed by atoms with Crippen molar-refractivity contribution in [3.05, 3.63) is 42.3 Å². The highest BCUT2D eigenvalue weighted by atomic mass is 35.5. The second kappa shape index (κ2) is 7.12. The molecule has 0 radical (unpaired) electrons. The lowest BCUT2D eigenvalue weighted by atomic mass is 10.0. The van der Waals surface area contributed by atoms with Gasteiger partial charge in [0.15, 0.2) is 11.5 Å². The van der Waals surface area contributed by atoms with Crippen molar-refractivity contribution >= 4 is 69.6 Å². The Morgan fingerprint density at radius 3 is 1.73 bits per heavy atom. The minimum absolute atomic E-state index is 0.155. The minimum Gasteiger partial charge on any atom is -0.491 e. The number of hydrogen-bond donors (Lipinski definition) is 0. The summed E-state index contributed by atoms with van der Waals surface area (Å²) in [6.45, 7) is 0. The number of benzene rings is 2. The first kappa shape index (κ1) is 18.1. The Morgan fingerprint density at radius 2 is 1.18 bits per heavy atom. The smallest absolute Gasteiger partial charge is 0.182 e. The normalized spacial score (nSPS) is 10.7. The van der Waals surface area contributed by atoms with Crippen molar-refractivity contribution < 1.29 is 9.47 Å². The Kier molecular flexibility index (Phi) is 5.87. The summed E-state index contributed by atoms with van der Waals surface area (Å²) in [4.78, 5) is 0. The van der Waals surface area contributed by atoms with Crippen LogP contribution in [0, 0.1) is 0 Å². The quantitative estimate of drug-likeness (QED) is 0.383. The van der Waals surface area contributed by atoms with E-state index in [1.54, 1.807) is 12.1 Å². The molecule has 0 aliphatic rings. The van der Waals surface area contributed by atoms with Crippen LogP contribution >= 0.6 is 69.6 Å². The van der Waals surface area contributed by atoms with E-state index in [1.807, 2.05) is 0 Å². The van der Waals surface area contributed by atoms with E-state index in [-0.39, 0.29) is 36.6 Å². The predicted molar refractivity (Wildman–Crippen MR) is 95.0 cm³/mol. The van der Waals surface area contributed by atoms with Crippen LogP contribution < -0.4 is 9.47 Å². The number of rotatable bonds is 3. The number of methoxy groups -OCH3 is 2. The van der Waals surface area contributed by atoms with Crippen LogP contribution in [0.3, 0.4) is 0 Å². The lowest BCUT2D eigenvalue weighted by Gasteiger charge is -2.18. The fraction of sp³-hybridized carbons (Fsp3) is 0.143. The average Bonchev–Trinajstić information content (AvgIpc) is 2.50. The molecule has 0 saturated carbocycles. The van der Waals surface area contributed by atoms with Crippen molar-refractivity contribution in [1.82, 2.24) is 0 Å². The summed E-state index contributed by atoms with van der Waals surface area (Å²) in [5.41, 5.74) is 0.864. The van der Waals surface area contributed by atoms with Gasteiger partial charge in [-0.05, 0) is 6.07 Å². The minimum atomic E-state index is 0.155. The summed E-state index contributed by atoms with van der Waals surface area (Å²) in [6.07, 6.45) is 0. The Morgan fingerprint density at radius 1 is 0.636 bits per heavy atom. The maximum Gasteiger partial charge on any atom is 0.182 e. The van der Waals surface area contributed by atoms with Gasteiger partial charge in [-0.3, -0.25) is 0 Å². The topological polar surface area (TPSA) is 18.5 Å². The molecule has 0 aliphatic heterocycles. The van der Waals surface area contributed by atoms with E-state index in [1.165, 1.54) is 14.2 Å². The van der Waals surface area contributed by atoms with Crippen molar-refractivity contribution in [1.29, 1.82) is 0 Å². The molecular weight excluding hydrogens is 413 g/mol. The Bertz CT molecular complexity index is 745. The molecular formula is C14H8Cl6O2. The summed E-state index contributed by atoms with van der Waals surface area (Å²) < 4.78 is 10.4. The summed E-state index contributed by atoms with van der Waals surface area (Å²) >= 11 is 37.2. The highest BCUT2D eigenvalue weighted by Gasteiger charge is 2.25. The van der Waals surface area contributed by atoms with Gasteiger partial charge in [0.1, 0.15) is 5.02 Å². The average molecular weight is 421 g/mol. The van der Waals surface area contributed by atoms with Gasteiger partial charge in [0.05, 0.1) is 39.3 Å². The number of halogens is 6. The SMILES string of the molecule is COc1c(Cl)c(Cl)c(-c2ccc(Cl)c(Cl)c2Cl)c(Cl)c1OC. The maximum absolute atomic E-state index is 6.39. The molecule has 0 amide bonds. The maximum atomic E-state index is 6.39. The van der Waals surface area contributed by atoms with Crippen LogP contribution in [0.2, 0.25) is 30.1 Å². The fourth-order valence-corrected chi connectivity index (χ4v) is 3.52. The fourth-order valence-electron chi connectivity index (χ4n) is 1.94. The first-order valence-electron chi connectivity index (χ1n) is 5.77. The Labute approximate surface area is 157 Å². The van der Waals surface area contributed by atoms with Crippen LogP contribution in [-0.4, -0.2) is 14.2 Å². The van der Waals surface area contributed by atoms with Gasteiger partial charge in [0, 0.05) is 11.1 Å². The molecule has 2 rings (SSSR count). The molecule has 22 heavy (non-hydrogen) atoms. The third-order valence-corrected chi connectivity index (χ3v) is 5.44. The van der Waals surface area contributed by atoms with E-state index in [9.17, 15) is 0 Å². The highest BCUT2D eigenvalue weighted by molar-refractivity contribution is 6.51. The summed E-state index contributed by atoms with van der Waals surface area (Å²) in [5.74, 6) is 0.481. The van der Waals surface area contributed by atoms with Gasteiger partial charge in [-0.2, -0.15) is 0 Å². The standard InChI is InChI=1S/C14H8Cl6O2/c1-21-13-11(19)7(10(18)12(20)14(13)22-2)5-3-4-6(15)9(17)8(5)16/h3-4H,1-2H3. The van der Waals surface area contributed by atoms with Crippen LogP contribution in [0.5, 0.6) is 11.5 Å². The first-order valence-corrected chi connectivity index (χ1v) is 8.04. The summed E-state index contributed by atoms with van der Waals surface area (Å²) in [5, 5.41) is 1.25. The molecule has 0 N–H and O–H groups in total. The van der Waals surface area contributed by atoms with Gasteiger partial charge in [-0.15, -0.1) is 0 Å². The van der Waals surface area contributed by atoms with Crippen LogP contribution in [0.1, 0.15) is 0 Å². The molecule has 8 heteroatoms. The van der Waals surface area contributed by atoms with Gasteiger partial charge in [-0.1, -0.05) is 75.7 Å². The zero-order valence-corrected chi connectivity index (χ0v) is 15.8. The van der Waals surface area contributed by atoms with E-state index < -0.39 is 0 Å². The second-order valence-electron chi connectivity index (χ2n) is 4.11. The molecule has 0 atom stereocenters. The van der Waals surface area contributed by atoms with E-state index >= 15 is 0 Å². The lowest BCUT2D eigenvalue weighted by Crippen LogP contribution is -1.96. The Hall–Kier alpha value is -0.220. The summed E-state index contributed by atoms with van der Waals surface area (Å²) in [7, 11) is 2.87. The van der Waals surface area contributed by atoms with Crippen LogP contribution in [0.15, 0.2) is 12.1 Å². The van der Waals surface area contributed by atoms with E-state index in [2.05, 4.69) is 0 Å². The van der Waals surface area contributed by atoms with Crippen LogP contribution in [-0.2, 0) is 0 Å². The van der Waals surface area contributed by atoms with Crippen LogP contribution in [0.25, 0.3) is 11.1 Å². The predicted octanol–water partition coefficient (Wildman–Crippen LogP) is 7.29. The molecule has 0 fully saturated rings. The second-order valence-corrected chi connectivity index (χ2v) is 6.40. The summed E-state index contributed by atoms with van der Waals surface area (Å²) in [6, 6.07) is 3.23. The van der Waals surface area contributed by atoms with E-state index in [0.717, 1.165) is 0 Å². The molecule has 0 spiro atoms. The van der Waals surface area contributed by atoms with Gasteiger partial charge >= 0.3 is 0 Å². The highest BCUT2D eigenvalue weighted by Crippen LogP contribution is 2.53. The molecule has 2 aromatic rings. The molecule has 0 bridgehead atoms. The first-order chi connectivity index (χ1) is 10.3. The molecule has 2 aromatic carbocycles. The molecule has 0 aliphatic carbocycles. The zero-order chi connectivity index (χ0) is 16.6. The van der Waals surface area contributed by atoms with Crippen molar-refractivity contribution in [2.24, 2.45) is 0 Å². The van der Waals surface area contributed by atoms with Gasteiger partial charge in [0.25, 0.3) is 0 Å². The van der Waals surface area contributed by atoms with Gasteiger partial charge < -0.3 is 9.47 Å². The van der Waals surface area contributed by atoms with E-state index in [4.69, 9.17) is 79.1 Å². The van der Waals surface area contributed by atoms with E-state index in [0.29, 0.717) is 16.1 Å². The van der Waals surface area contributed by atoms with Crippen molar-refractivity contribution in [3.8, 4) is 22.6 Å². The lowest BCUT2D eigenvalue weighted by molar-refractivity contribution is 0.355. The monoisotopic (exact) mass is 418 g/mol. The largest absolute Gasteiger partial charge is 0.491 e. The van der Waals surface area contributed by atoms with Crippen molar-refractivity contribution in [3.63, 3.8) is 0 Å². The molecule has 0 heterocycles. The Balaban J connectivity index is 2.88. The van der Waals surface area contributed by atoms with Gasteiger partial charge in [0.2, 0.25) is 0 Å². The molecule has 118 valence electrons. The molecule has 2 nitrogen and oxygen atoms in total. The van der Waals surface area contributed by atoms with Crippen molar-refractivity contribution in [2.75, 3.05) is 14.2 Å².